The Hall–Kier alpha value is -1.89. The van der Waals surface area contributed by atoms with Crippen LogP contribution >= 0.6 is 15.9 Å². The van der Waals surface area contributed by atoms with Crippen molar-refractivity contribution in [2.75, 3.05) is 5.73 Å². The third kappa shape index (κ3) is 3.54. The molecule has 100 valence electrons. The van der Waals surface area contributed by atoms with E-state index in [9.17, 15) is 10.1 Å². The highest BCUT2D eigenvalue weighted by Gasteiger charge is 2.17. The average molecular weight is 325 g/mol. The summed E-state index contributed by atoms with van der Waals surface area (Å²) in [6.45, 7) is 0.626. The highest BCUT2D eigenvalue weighted by atomic mass is 79.9. The van der Waals surface area contributed by atoms with Crippen molar-refractivity contribution < 1.29 is 4.92 Å². The SMILES string of the molecule is Nc1cccc(CCCn2cc(Br)c([N+](=O)[O-])n2)c1. The normalized spacial score (nSPS) is 10.6. The first-order valence-corrected chi connectivity index (χ1v) is 6.57. The number of aromatic nitrogens is 2. The van der Waals surface area contributed by atoms with E-state index in [-0.39, 0.29) is 5.82 Å². The third-order valence-corrected chi connectivity index (χ3v) is 3.24. The molecule has 7 heteroatoms. The summed E-state index contributed by atoms with van der Waals surface area (Å²) in [7, 11) is 0. The summed E-state index contributed by atoms with van der Waals surface area (Å²) in [5.74, 6) is -0.149. The van der Waals surface area contributed by atoms with Crippen molar-refractivity contribution in [3.05, 3.63) is 50.6 Å². The van der Waals surface area contributed by atoms with Crippen molar-refractivity contribution >= 4 is 27.4 Å². The number of aryl methyl sites for hydroxylation is 2. The van der Waals surface area contributed by atoms with Gasteiger partial charge in [-0.15, -0.1) is 0 Å². The largest absolute Gasteiger partial charge is 0.404 e. The van der Waals surface area contributed by atoms with Crippen LogP contribution in [-0.2, 0) is 13.0 Å². The molecule has 19 heavy (non-hydrogen) atoms. The van der Waals surface area contributed by atoms with Gasteiger partial charge in [0.2, 0.25) is 0 Å². The van der Waals surface area contributed by atoms with Crippen LogP contribution in [0.25, 0.3) is 0 Å². The Bertz CT molecular complexity index is 597. The van der Waals surface area contributed by atoms with Crippen molar-refractivity contribution in [3.8, 4) is 0 Å². The predicted octanol–water partition coefficient (Wildman–Crippen LogP) is 2.77. The van der Waals surface area contributed by atoms with Crippen LogP contribution < -0.4 is 5.73 Å². The molecule has 2 rings (SSSR count). The summed E-state index contributed by atoms with van der Waals surface area (Å²) in [4.78, 5) is 10.2. The van der Waals surface area contributed by atoms with Crippen LogP contribution in [0.2, 0.25) is 0 Å². The van der Waals surface area contributed by atoms with Crippen LogP contribution in [0, 0.1) is 10.1 Å². The summed E-state index contributed by atoms with van der Waals surface area (Å²) in [6.07, 6.45) is 3.32. The second-order valence-electron chi connectivity index (χ2n) is 4.17. The Balaban J connectivity index is 1.92. The molecule has 0 radical (unpaired) electrons. The monoisotopic (exact) mass is 324 g/mol. The second-order valence-corrected chi connectivity index (χ2v) is 5.02. The highest BCUT2D eigenvalue weighted by Crippen LogP contribution is 2.22. The van der Waals surface area contributed by atoms with Crippen molar-refractivity contribution in [3.63, 3.8) is 0 Å². The Morgan fingerprint density at radius 1 is 1.47 bits per heavy atom. The summed E-state index contributed by atoms with van der Waals surface area (Å²) >= 11 is 3.12. The zero-order chi connectivity index (χ0) is 13.8. The Morgan fingerprint density at radius 3 is 2.89 bits per heavy atom. The Kier molecular flexibility index (Phi) is 4.16. The van der Waals surface area contributed by atoms with Crippen LogP contribution in [0.15, 0.2) is 34.9 Å². The molecule has 0 saturated heterocycles. The molecular weight excluding hydrogens is 312 g/mol. The number of rotatable bonds is 5. The van der Waals surface area contributed by atoms with Gasteiger partial charge < -0.3 is 15.8 Å². The molecule has 0 saturated carbocycles. The number of benzene rings is 1. The summed E-state index contributed by atoms with van der Waals surface area (Å²) in [5, 5.41) is 14.6. The molecule has 0 spiro atoms. The first-order valence-electron chi connectivity index (χ1n) is 5.78. The molecular formula is C12H13BrN4O2. The zero-order valence-electron chi connectivity index (χ0n) is 10.1. The van der Waals surface area contributed by atoms with Gasteiger partial charge in [-0.1, -0.05) is 12.1 Å². The molecule has 0 aliphatic heterocycles. The van der Waals surface area contributed by atoms with Crippen LogP contribution in [0.4, 0.5) is 11.5 Å². The molecule has 1 heterocycles. The number of nitrogens with zero attached hydrogens (tertiary/aromatic N) is 3. The molecule has 0 aliphatic rings. The summed E-state index contributed by atoms with van der Waals surface area (Å²) in [6, 6.07) is 7.71. The quantitative estimate of drug-likeness (QED) is 0.520. The number of nitro groups is 1. The van der Waals surface area contributed by atoms with E-state index in [1.807, 2.05) is 24.3 Å². The minimum absolute atomic E-state index is 0.149. The molecule has 0 fully saturated rings. The van der Waals surface area contributed by atoms with E-state index in [1.54, 1.807) is 10.9 Å². The summed E-state index contributed by atoms with van der Waals surface area (Å²) < 4.78 is 1.98. The third-order valence-electron chi connectivity index (χ3n) is 2.68. The van der Waals surface area contributed by atoms with Gasteiger partial charge in [-0.05, 0) is 51.4 Å². The molecule has 0 unspecified atom stereocenters. The van der Waals surface area contributed by atoms with E-state index in [0.717, 1.165) is 24.1 Å². The first-order chi connectivity index (χ1) is 9.06. The fourth-order valence-electron chi connectivity index (χ4n) is 1.82. The smallest absolute Gasteiger partial charge is 0.399 e. The first kappa shape index (κ1) is 13.5. The van der Waals surface area contributed by atoms with Crippen LogP contribution in [0.1, 0.15) is 12.0 Å². The second kappa shape index (κ2) is 5.83. The Labute approximate surface area is 118 Å². The lowest BCUT2D eigenvalue weighted by atomic mass is 10.1. The molecule has 1 aromatic heterocycles. The molecule has 0 amide bonds. The van der Waals surface area contributed by atoms with Crippen LogP contribution in [0.5, 0.6) is 0 Å². The maximum atomic E-state index is 10.7. The molecule has 1 aromatic carbocycles. The molecule has 2 N–H and O–H groups in total. The molecule has 0 aliphatic carbocycles. The van der Waals surface area contributed by atoms with Gasteiger partial charge in [0, 0.05) is 5.69 Å². The minimum atomic E-state index is -0.502. The zero-order valence-corrected chi connectivity index (χ0v) is 11.7. The van der Waals surface area contributed by atoms with Gasteiger partial charge in [-0.25, -0.2) is 0 Å². The molecule has 0 atom stereocenters. The number of anilines is 1. The topological polar surface area (TPSA) is 87.0 Å². The van der Waals surface area contributed by atoms with E-state index < -0.39 is 4.92 Å². The number of hydrogen-bond donors (Lipinski definition) is 1. The van der Waals surface area contributed by atoms with Crippen molar-refractivity contribution in [2.45, 2.75) is 19.4 Å². The fourth-order valence-corrected chi connectivity index (χ4v) is 2.28. The lowest BCUT2D eigenvalue weighted by Crippen LogP contribution is -2.01. The number of halogens is 1. The minimum Gasteiger partial charge on any atom is -0.399 e. The van der Waals surface area contributed by atoms with Gasteiger partial charge >= 0.3 is 5.82 Å². The van der Waals surface area contributed by atoms with E-state index >= 15 is 0 Å². The van der Waals surface area contributed by atoms with Crippen LogP contribution in [0.3, 0.4) is 0 Å². The average Bonchev–Trinajstić information content (AvgIpc) is 2.71. The van der Waals surface area contributed by atoms with Crippen molar-refractivity contribution in [1.82, 2.24) is 9.78 Å². The van der Waals surface area contributed by atoms with E-state index in [0.29, 0.717) is 11.0 Å². The van der Waals surface area contributed by atoms with E-state index in [4.69, 9.17) is 5.73 Å². The van der Waals surface area contributed by atoms with Gasteiger partial charge in [0.05, 0.1) is 17.8 Å². The van der Waals surface area contributed by atoms with Crippen LogP contribution in [-0.4, -0.2) is 14.7 Å². The van der Waals surface area contributed by atoms with Gasteiger partial charge in [0.25, 0.3) is 0 Å². The van der Waals surface area contributed by atoms with Crippen molar-refractivity contribution in [1.29, 1.82) is 0 Å². The number of nitrogens with two attached hydrogens (primary N) is 1. The molecule has 0 bridgehead atoms. The summed E-state index contributed by atoms with van der Waals surface area (Å²) in [5.41, 5.74) is 7.60. The van der Waals surface area contributed by atoms with Gasteiger partial charge in [0.1, 0.15) is 4.47 Å². The van der Waals surface area contributed by atoms with E-state index in [1.165, 1.54) is 0 Å². The maximum Gasteiger partial charge on any atom is 0.404 e. The standard InChI is InChI=1S/C12H13BrN4O2/c13-11-8-16(15-12(11)17(18)19)6-2-4-9-3-1-5-10(14)7-9/h1,3,5,7-8H,2,4,6,14H2. The highest BCUT2D eigenvalue weighted by molar-refractivity contribution is 9.10. The van der Waals surface area contributed by atoms with Crippen molar-refractivity contribution in [2.24, 2.45) is 0 Å². The van der Waals surface area contributed by atoms with Gasteiger partial charge in [-0.3, -0.25) is 0 Å². The Morgan fingerprint density at radius 2 is 2.26 bits per heavy atom. The number of nitrogen functional groups attached to an aromatic ring is 1. The molecule has 6 nitrogen and oxygen atoms in total. The number of hydrogen-bond acceptors (Lipinski definition) is 4. The lowest BCUT2D eigenvalue weighted by molar-refractivity contribution is -0.390. The lowest BCUT2D eigenvalue weighted by Gasteiger charge is -2.01. The van der Waals surface area contributed by atoms with E-state index in [2.05, 4.69) is 21.0 Å². The predicted molar refractivity (Wildman–Crippen MR) is 75.8 cm³/mol. The van der Waals surface area contributed by atoms with Gasteiger partial charge in [-0.2, -0.15) is 4.68 Å². The maximum absolute atomic E-state index is 10.7. The van der Waals surface area contributed by atoms with Gasteiger partial charge in [0.15, 0.2) is 0 Å². The molecule has 2 aromatic rings. The fraction of sp³-hybridized carbons (Fsp3) is 0.250.